The second kappa shape index (κ2) is 5.16. The summed E-state index contributed by atoms with van der Waals surface area (Å²) in [5.41, 5.74) is 1.53. The molecule has 86 valence electrons. The molecule has 5 heteroatoms. The SMILES string of the molecule is CCOC(=O)c1ncc(-c2ccccc2)nn1. The molecule has 0 radical (unpaired) electrons. The van der Waals surface area contributed by atoms with Gasteiger partial charge in [-0.25, -0.2) is 9.78 Å². The van der Waals surface area contributed by atoms with Crippen molar-refractivity contribution in [2.45, 2.75) is 6.92 Å². The quantitative estimate of drug-likeness (QED) is 0.750. The maximum absolute atomic E-state index is 11.3. The van der Waals surface area contributed by atoms with Gasteiger partial charge in [0.25, 0.3) is 5.82 Å². The van der Waals surface area contributed by atoms with E-state index in [9.17, 15) is 4.79 Å². The Kier molecular flexibility index (Phi) is 3.40. The predicted octanol–water partition coefficient (Wildman–Crippen LogP) is 1.72. The van der Waals surface area contributed by atoms with Crippen molar-refractivity contribution in [3.63, 3.8) is 0 Å². The average molecular weight is 229 g/mol. The van der Waals surface area contributed by atoms with E-state index >= 15 is 0 Å². The fraction of sp³-hybridized carbons (Fsp3) is 0.167. The van der Waals surface area contributed by atoms with Crippen molar-refractivity contribution in [3.05, 3.63) is 42.4 Å². The summed E-state index contributed by atoms with van der Waals surface area (Å²) in [5, 5.41) is 7.68. The maximum Gasteiger partial charge on any atom is 0.378 e. The van der Waals surface area contributed by atoms with Crippen molar-refractivity contribution in [3.8, 4) is 11.3 Å². The van der Waals surface area contributed by atoms with Gasteiger partial charge in [0.1, 0.15) is 5.69 Å². The molecule has 5 nitrogen and oxygen atoms in total. The smallest absolute Gasteiger partial charge is 0.378 e. The van der Waals surface area contributed by atoms with Crippen LogP contribution in [0.1, 0.15) is 17.5 Å². The topological polar surface area (TPSA) is 65.0 Å². The molecule has 1 aromatic carbocycles. The van der Waals surface area contributed by atoms with Gasteiger partial charge < -0.3 is 4.74 Å². The van der Waals surface area contributed by atoms with E-state index in [0.717, 1.165) is 5.56 Å². The molecule has 0 N–H and O–H groups in total. The Morgan fingerprint density at radius 1 is 1.24 bits per heavy atom. The highest BCUT2D eigenvalue weighted by molar-refractivity contribution is 5.84. The Morgan fingerprint density at radius 2 is 2.00 bits per heavy atom. The molecule has 0 bridgehead atoms. The van der Waals surface area contributed by atoms with Crippen molar-refractivity contribution in [1.29, 1.82) is 0 Å². The van der Waals surface area contributed by atoms with Crippen molar-refractivity contribution in [2.24, 2.45) is 0 Å². The molecule has 0 saturated heterocycles. The van der Waals surface area contributed by atoms with Crippen LogP contribution in [0.2, 0.25) is 0 Å². The third-order valence-corrected chi connectivity index (χ3v) is 2.09. The fourth-order valence-corrected chi connectivity index (χ4v) is 1.31. The molecule has 1 heterocycles. The van der Waals surface area contributed by atoms with Gasteiger partial charge in [0.05, 0.1) is 12.8 Å². The summed E-state index contributed by atoms with van der Waals surface area (Å²) in [6.07, 6.45) is 1.51. The number of carbonyl (C=O) groups excluding carboxylic acids is 1. The number of rotatable bonds is 3. The lowest BCUT2D eigenvalue weighted by Gasteiger charge is -2.01. The van der Waals surface area contributed by atoms with Gasteiger partial charge in [-0.15, -0.1) is 10.2 Å². The van der Waals surface area contributed by atoms with Crippen LogP contribution in [0.4, 0.5) is 0 Å². The third kappa shape index (κ3) is 2.63. The van der Waals surface area contributed by atoms with E-state index < -0.39 is 5.97 Å². The van der Waals surface area contributed by atoms with Crippen LogP contribution in [0.3, 0.4) is 0 Å². The van der Waals surface area contributed by atoms with Gasteiger partial charge in [0.15, 0.2) is 0 Å². The highest BCUT2D eigenvalue weighted by Gasteiger charge is 2.10. The zero-order valence-corrected chi connectivity index (χ0v) is 9.33. The summed E-state index contributed by atoms with van der Waals surface area (Å²) in [4.78, 5) is 15.2. The number of benzene rings is 1. The summed E-state index contributed by atoms with van der Waals surface area (Å²) in [6, 6.07) is 9.51. The summed E-state index contributed by atoms with van der Waals surface area (Å²) < 4.78 is 4.77. The van der Waals surface area contributed by atoms with Crippen molar-refractivity contribution in [2.75, 3.05) is 6.61 Å². The van der Waals surface area contributed by atoms with E-state index in [4.69, 9.17) is 4.74 Å². The van der Waals surface area contributed by atoms with E-state index in [0.29, 0.717) is 12.3 Å². The Labute approximate surface area is 98.5 Å². The van der Waals surface area contributed by atoms with Crippen LogP contribution in [0.15, 0.2) is 36.5 Å². The lowest BCUT2D eigenvalue weighted by atomic mass is 10.2. The van der Waals surface area contributed by atoms with Gasteiger partial charge in [0.2, 0.25) is 0 Å². The normalized spacial score (nSPS) is 9.94. The molecule has 0 aliphatic rings. The minimum Gasteiger partial charge on any atom is -0.460 e. The molecule has 1 aromatic heterocycles. The van der Waals surface area contributed by atoms with E-state index in [1.54, 1.807) is 6.92 Å². The third-order valence-electron chi connectivity index (χ3n) is 2.09. The number of hydrogen-bond donors (Lipinski definition) is 0. The fourth-order valence-electron chi connectivity index (χ4n) is 1.31. The van der Waals surface area contributed by atoms with Gasteiger partial charge in [-0.05, 0) is 6.92 Å². The molecule has 0 fully saturated rings. The number of nitrogens with zero attached hydrogens (tertiary/aromatic N) is 3. The number of carbonyl (C=O) groups is 1. The van der Waals surface area contributed by atoms with Gasteiger partial charge >= 0.3 is 5.97 Å². The minimum absolute atomic E-state index is 0.0217. The molecule has 0 atom stereocenters. The number of ether oxygens (including phenoxy) is 1. The Bertz CT molecular complexity index is 497. The van der Waals surface area contributed by atoms with E-state index in [1.807, 2.05) is 30.3 Å². The van der Waals surface area contributed by atoms with Crippen molar-refractivity contribution < 1.29 is 9.53 Å². The molecule has 0 aliphatic carbocycles. The van der Waals surface area contributed by atoms with Crippen LogP contribution in [0, 0.1) is 0 Å². The first-order valence-electron chi connectivity index (χ1n) is 5.23. The molecule has 0 amide bonds. The summed E-state index contributed by atoms with van der Waals surface area (Å²) >= 11 is 0. The van der Waals surface area contributed by atoms with Gasteiger partial charge in [-0.3, -0.25) is 0 Å². The van der Waals surface area contributed by atoms with Crippen LogP contribution < -0.4 is 0 Å². The van der Waals surface area contributed by atoms with Crippen LogP contribution in [-0.4, -0.2) is 27.8 Å². The van der Waals surface area contributed by atoms with E-state index in [-0.39, 0.29) is 5.82 Å². The average Bonchev–Trinajstić information content (AvgIpc) is 2.40. The van der Waals surface area contributed by atoms with Gasteiger partial charge in [-0.2, -0.15) is 0 Å². The minimum atomic E-state index is -0.556. The predicted molar refractivity (Wildman–Crippen MR) is 61.2 cm³/mol. The lowest BCUT2D eigenvalue weighted by molar-refractivity contribution is 0.0510. The summed E-state index contributed by atoms with van der Waals surface area (Å²) in [6.45, 7) is 2.02. The van der Waals surface area contributed by atoms with E-state index in [2.05, 4.69) is 15.2 Å². The molecule has 0 saturated carbocycles. The standard InChI is InChI=1S/C12H11N3O2/c1-2-17-12(16)11-13-8-10(14-15-11)9-6-4-3-5-7-9/h3-8H,2H2,1H3. The first-order chi connectivity index (χ1) is 8.31. The zero-order chi connectivity index (χ0) is 12.1. The molecule has 0 unspecified atom stereocenters. The Balaban J connectivity index is 2.22. The second-order valence-electron chi connectivity index (χ2n) is 3.25. The molecule has 2 rings (SSSR count). The summed E-state index contributed by atoms with van der Waals surface area (Å²) in [5.74, 6) is -0.578. The van der Waals surface area contributed by atoms with Crippen molar-refractivity contribution in [1.82, 2.24) is 15.2 Å². The molecular weight excluding hydrogens is 218 g/mol. The molecular formula is C12H11N3O2. The number of esters is 1. The highest BCUT2D eigenvalue weighted by atomic mass is 16.5. The Hall–Kier alpha value is -2.30. The van der Waals surface area contributed by atoms with Crippen LogP contribution in [0.25, 0.3) is 11.3 Å². The molecule has 0 aliphatic heterocycles. The van der Waals surface area contributed by atoms with Gasteiger partial charge in [0, 0.05) is 5.56 Å². The van der Waals surface area contributed by atoms with E-state index in [1.165, 1.54) is 6.20 Å². The molecule has 0 spiro atoms. The highest BCUT2D eigenvalue weighted by Crippen LogP contribution is 2.13. The summed E-state index contributed by atoms with van der Waals surface area (Å²) in [7, 11) is 0. The zero-order valence-electron chi connectivity index (χ0n) is 9.33. The molecule has 2 aromatic rings. The van der Waals surface area contributed by atoms with Crippen molar-refractivity contribution >= 4 is 5.97 Å². The monoisotopic (exact) mass is 229 g/mol. The lowest BCUT2D eigenvalue weighted by Crippen LogP contribution is -2.10. The van der Waals surface area contributed by atoms with Crippen LogP contribution in [-0.2, 0) is 4.74 Å². The number of hydrogen-bond acceptors (Lipinski definition) is 5. The largest absolute Gasteiger partial charge is 0.460 e. The van der Waals surface area contributed by atoms with Crippen LogP contribution >= 0.6 is 0 Å². The molecule has 17 heavy (non-hydrogen) atoms. The first kappa shape index (κ1) is 11.2. The second-order valence-corrected chi connectivity index (χ2v) is 3.25. The Morgan fingerprint density at radius 3 is 2.59 bits per heavy atom. The first-order valence-corrected chi connectivity index (χ1v) is 5.23. The van der Waals surface area contributed by atoms with Gasteiger partial charge in [-0.1, -0.05) is 30.3 Å². The van der Waals surface area contributed by atoms with Crippen LogP contribution in [0.5, 0.6) is 0 Å². The number of aromatic nitrogens is 3. The maximum atomic E-state index is 11.3.